The Bertz CT molecular complexity index is 1200. The molecule has 36 heavy (non-hydrogen) atoms. The van der Waals surface area contributed by atoms with Gasteiger partial charge in [0.2, 0.25) is 5.75 Å². The normalized spacial score (nSPS) is 13.2. The minimum atomic E-state index is -0.341. The Balaban J connectivity index is 1.38. The van der Waals surface area contributed by atoms with Gasteiger partial charge in [0.05, 0.1) is 21.3 Å². The van der Waals surface area contributed by atoms with Crippen LogP contribution < -0.4 is 24.4 Å². The van der Waals surface area contributed by atoms with Gasteiger partial charge < -0.3 is 29.3 Å². The Hall–Kier alpha value is -3.91. The number of methoxy groups -OCH3 is 3. The van der Waals surface area contributed by atoms with Crippen molar-refractivity contribution < 1.29 is 23.8 Å². The number of hydrogen-bond acceptors (Lipinski definition) is 6. The van der Waals surface area contributed by atoms with Crippen molar-refractivity contribution in [2.24, 2.45) is 0 Å². The molecule has 1 aliphatic heterocycles. The van der Waals surface area contributed by atoms with Crippen LogP contribution in [0.25, 0.3) is 0 Å². The minimum Gasteiger partial charge on any atom is -0.493 e. The highest BCUT2D eigenvalue weighted by Crippen LogP contribution is 2.38. The molecular weight excluding hydrogens is 482 g/mol. The number of nitrogens with zero attached hydrogens (tertiary/aromatic N) is 2. The standard InChI is InChI=1S/C27H28ClN3O5/c1-34-23-16-19(17-24(35-2)25(23)36-3)26(32)29-21-8-4-18(5-9-21)27(33)31-14-12-30(13-15-31)22-10-6-20(28)7-11-22/h4-11,16-17H,12-15H2,1-3H3,(H,29,32). The van der Waals surface area contributed by atoms with Gasteiger partial charge >= 0.3 is 0 Å². The van der Waals surface area contributed by atoms with Crippen LogP contribution >= 0.6 is 11.6 Å². The van der Waals surface area contributed by atoms with E-state index in [2.05, 4.69) is 10.2 Å². The van der Waals surface area contributed by atoms with Gasteiger partial charge in [-0.05, 0) is 60.7 Å². The third-order valence-corrected chi connectivity index (χ3v) is 6.33. The third-order valence-electron chi connectivity index (χ3n) is 6.08. The van der Waals surface area contributed by atoms with E-state index in [-0.39, 0.29) is 11.8 Å². The summed E-state index contributed by atoms with van der Waals surface area (Å²) < 4.78 is 15.9. The van der Waals surface area contributed by atoms with E-state index in [4.69, 9.17) is 25.8 Å². The summed E-state index contributed by atoms with van der Waals surface area (Å²) in [4.78, 5) is 29.9. The first-order valence-corrected chi connectivity index (χ1v) is 11.8. The lowest BCUT2D eigenvalue weighted by Gasteiger charge is -2.36. The number of ether oxygens (including phenoxy) is 3. The molecule has 1 fully saturated rings. The lowest BCUT2D eigenvalue weighted by atomic mass is 10.1. The maximum absolute atomic E-state index is 13.0. The number of nitrogens with one attached hydrogen (secondary N) is 1. The van der Waals surface area contributed by atoms with Crippen LogP contribution in [0.4, 0.5) is 11.4 Å². The second-order valence-electron chi connectivity index (χ2n) is 8.20. The first-order valence-electron chi connectivity index (χ1n) is 11.4. The SMILES string of the molecule is COc1cc(C(=O)Nc2ccc(C(=O)N3CCN(c4ccc(Cl)cc4)CC3)cc2)cc(OC)c1OC. The monoisotopic (exact) mass is 509 g/mol. The lowest BCUT2D eigenvalue weighted by Crippen LogP contribution is -2.48. The number of piperazine rings is 1. The quantitative estimate of drug-likeness (QED) is 0.502. The van der Waals surface area contributed by atoms with Gasteiger partial charge in [0.1, 0.15) is 0 Å². The molecule has 3 aromatic carbocycles. The van der Waals surface area contributed by atoms with Crippen molar-refractivity contribution in [3.05, 3.63) is 76.8 Å². The lowest BCUT2D eigenvalue weighted by molar-refractivity contribution is 0.0746. The number of carbonyl (C=O) groups excluding carboxylic acids is 2. The van der Waals surface area contributed by atoms with E-state index in [1.807, 2.05) is 29.2 Å². The van der Waals surface area contributed by atoms with Gasteiger partial charge in [0.15, 0.2) is 11.5 Å². The Morgan fingerprint density at radius 3 is 1.89 bits per heavy atom. The van der Waals surface area contributed by atoms with Crippen molar-refractivity contribution in [2.75, 3.05) is 57.7 Å². The third kappa shape index (κ3) is 5.49. The summed E-state index contributed by atoms with van der Waals surface area (Å²) in [5.74, 6) is 0.812. The van der Waals surface area contributed by atoms with E-state index >= 15 is 0 Å². The molecule has 4 rings (SSSR count). The number of amides is 2. The minimum absolute atomic E-state index is 0.0340. The van der Waals surface area contributed by atoms with Crippen molar-refractivity contribution in [3.8, 4) is 17.2 Å². The first-order chi connectivity index (χ1) is 17.4. The van der Waals surface area contributed by atoms with Crippen LogP contribution in [0, 0.1) is 0 Å². The summed E-state index contributed by atoms with van der Waals surface area (Å²) in [6.07, 6.45) is 0. The molecule has 0 unspecified atom stereocenters. The Morgan fingerprint density at radius 2 is 1.36 bits per heavy atom. The predicted molar refractivity (Wildman–Crippen MR) is 140 cm³/mol. The van der Waals surface area contributed by atoms with Crippen LogP contribution in [0.15, 0.2) is 60.7 Å². The van der Waals surface area contributed by atoms with Crippen LogP contribution in [0.3, 0.4) is 0 Å². The second kappa shape index (κ2) is 11.2. The fraction of sp³-hybridized carbons (Fsp3) is 0.259. The zero-order chi connectivity index (χ0) is 25.7. The van der Waals surface area contributed by atoms with Gasteiger partial charge in [-0.15, -0.1) is 0 Å². The molecule has 0 saturated carbocycles. The van der Waals surface area contributed by atoms with Crippen LogP contribution in [-0.4, -0.2) is 64.2 Å². The van der Waals surface area contributed by atoms with E-state index in [1.54, 1.807) is 36.4 Å². The van der Waals surface area contributed by atoms with Crippen molar-refractivity contribution in [2.45, 2.75) is 0 Å². The Labute approximate surface area is 215 Å². The topological polar surface area (TPSA) is 80.3 Å². The van der Waals surface area contributed by atoms with Gasteiger partial charge in [0.25, 0.3) is 11.8 Å². The largest absolute Gasteiger partial charge is 0.493 e. The molecule has 188 valence electrons. The van der Waals surface area contributed by atoms with Crippen molar-refractivity contribution in [3.63, 3.8) is 0 Å². The van der Waals surface area contributed by atoms with E-state index in [9.17, 15) is 9.59 Å². The molecule has 9 heteroatoms. The highest BCUT2D eigenvalue weighted by atomic mass is 35.5. The highest BCUT2D eigenvalue weighted by molar-refractivity contribution is 6.30. The molecule has 2 amide bonds. The zero-order valence-corrected chi connectivity index (χ0v) is 21.2. The highest BCUT2D eigenvalue weighted by Gasteiger charge is 2.23. The molecular formula is C27H28ClN3O5. The fourth-order valence-electron chi connectivity index (χ4n) is 4.11. The summed E-state index contributed by atoms with van der Waals surface area (Å²) in [5, 5.41) is 3.54. The molecule has 1 saturated heterocycles. The van der Waals surface area contributed by atoms with Crippen LogP contribution in [0.5, 0.6) is 17.2 Å². The van der Waals surface area contributed by atoms with Crippen LogP contribution in [0.1, 0.15) is 20.7 Å². The number of carbonyl (C=O) groups is 2. The van der Waals surface area contributed by atoms with E-state index in [0.717, 1.165) is 18.8 Å². The molecule has 0 bridgehead atoms. The smallest absolute Gasteiger partial charge is 0.255 e. The van der Waals surface area contributed by atoms with E-state index < -0.39 is 0 Å². The maximum atomic E-state index is 13.0. The summed E-state index contributed by atoms with van der Waals surface area (Å²) in [6.45, 7) is 2.74. The van der Waals surface area contributed by atoms with Gasteiger partial charge in [-0.3, -0.25) is 9.59 Å². The van der Waals surface area contributed by atoms with Gasteiger partial charge in [0, 0.05) is 53.7 Å². The van der Waals surface area contributed by atoms with E-state index in [0.29, 0.717) is 52.2 Å². The number of anilines is 2. The average Bonchev–Trinajstić information content (AvgIpc) is 2.92. The molecule has 3 aromatic rings. The number of halogens is 1. The molecule has 1 N–H and O–H groups in total. The molecule has 1 heterocycles. The number of rotatable bonds is 7. The zero-order valence-electron chi connectivity index (χ0n) is 20.4. The van der Waals surface area contributed by atoms with Crippen molar-refractivity contribution in [1.29, 1.82) is 0 Å². The number of benzene rings is 3. The summed E-state index contributed by atoms with van der Waals surface area (Å²) in [7, 11) is 4.49. The molecule has 0 aromatic heterocycles. The molecule has 8 nitrogen and oxygen atoms in total. The maximum Gasteiger partial charge on any atom is 0.255 e. The summed E-state index contributed by atoms with van der Waals surface area (Å²) in [6, 6.07) is 17.8. The van der Waals surface area contributed by atoms with Crippen molar-refractivity contribution >= 4 is 34.8 Å². The van der Waals surface area contributed by atoms with Crippen molar-refractivity contribution in [1.82, 2.24) is 4.90 Å². The average molecular weight is 510 g/mol. The second-order valence-corrected chi connectivity index (χ2v) is 8.64. The molecule has 0 aliphatic carbocycles. The summed E-state index contributed by atoms with van der Waals surface area (Å²) >= 11 is 5.98. The van der Waals surface area contributed by atoms with E-state index in [1.165, 1.54) is 21.3 Å². The first kappa shape index (κ1) is 25.2. The number of hydrogen-bond donors (Lipinski definition) is 1. The molecule has 1 aliphatic rings. The predicted octanol–water partition coefficient (Wildman–Crippen LogP) is 4.58. The Morgan fingerprint density at radius 1 is 0.778 bits per heavy atom. The van der Waals surface area contributed by atoms with Crippen LogP contribution in [-0.2, 0) is 0 Å². The fourth-order valence-corrected chi connectivity index (χ4v) is 4.24. The van der Waals surface area contributed by atoms with Gasteiger partial charge in [-0.1, -0.05) is 11.6 Å². The van der Waals surface area contributed by atoms with Gasteiger partial charge in [-0.2, -0.15) is 0 Å². The summed E-state index contributed by atoms with van der Waals surface area (Å²) in [5.41, 5.74) is 2.58. The van der Waals surface area contributed by atoms with Gasteiger partial charge in [-0.25, -0.2) is 0 Å². The Kier molecular flexibility index (Phi) is 7.85. The molecule has 0 radical (unpaired) electrons. The molecule has 0 spiro atoms. The molecule has 0 atom stereocenters. The van der Waals surface area contributed by atoms with Crippen LogP contribution in [0.2, 0.25) is 5.02 Å².